The van der Waals surface area contributed by atoms with E-state index in [4.69, 9.17) is 5.73 Å². The van der Waals surface area contributed by atoms with E-state index in [1.165, 1.54) is 0 Å². The SMILES string of the molecule is Nc1nc(NC2CCSCC2)nc(C(F)(F)F)n1. The van der Waals surface area contributed by atoms with E-state index in [0.29, 0.717) is 0 Å². The van der Waals surface area contributed by atoms with Crippen LogP contribution in [0.2, 0.25) is 0 Å². The lowest BCUT2D eigenvalue weighted by Gasteiger charge is -2.22. The molecule has 0 aromatic carbocycles. The first-order valence-corrected chi connectivity index (χ1v) is 6.53. The van der Waals surface area contributed by atoms with Gasteiger partial charge in [-0.1, -0.05) is 0 Å². The highest BCUT2D eigenvalue weighted by molar-refractivity contribution is 7.99. The molecule has 2 rings (SSSR count). The summed E-state index contributed by atoms with van der Waals surface area (Å²) >= 11 is 1.82. The molecule has 0 amide bonds. The van der Waals surface area contributed by atoms with Gasteiger partial charge in [-0.25, -0.2) is 0 Å². The second-order valence-electron chi connectivity index (χ2n) is 3.87. The summed E-state index contributed by atoms with van der Waals surface area (Å²) in [6.45, 7) is 0. The molecule has 100 valence electrons. The van der Waals surface area contributed by atoms with Gasteiger partial charge >= 0.3 is 6.18 Å². The third-order valence-corrected chi connectivity index (χ3v) is 3.51. The third kappa shape index (κ3) is 3.37. The molecule has 3 N–H and O–H groups in total. The van der Waals surface area contributed by atoms with Gasteiger partial charge in [0, 0.05) is 6.04 Å². The minimum atomic E-state index is -4.62. The third-order valence-electron chi connectivity index (χ3n) is 2.46. The van der Waals surface area contributed by atoms with E-state index in [1.807, 2.05) is 11.8 Å². The molecular weight excluding hydrogens is 267 g/mol. The molecule has 5 nitrogen and oxygen atoms in total. The van der Waals surface area contributed by atoms with Crippen LogP contribution in [0.15, 0.2) is 0 Å². The molecule has 1 aromatic rings. The standard InChI is InChI=1S/C9H12F3N5S/c10-9(11,12)6-15-7(13)17-8(16-6)14-5-1-3-18-4-2-5/h5H,1-4H2,(H3,13,14,15,16,17). The van der Waals surface area contributed by atoms with E-state index >= 15 is 0 Å². The number of hydrogen-bond donors (Lipinski definition) is 2. The molecule has 1 saturated heterocycles. The fourth-order valence-corrected chi connectivity index (χ4v) is 2.71. The first kappa shape index (κ1) is 13.2. The minimum absolute atomic E-state index is 0.0918. The Bertz CT molecular complexity index is 419. The summed E-state index contributed by atoms with van der Waals surface area (Å²) in [5, 5.41) is 2.88. The lowest BCUT2D eigenvalue weighted by Crippen LogP contribution is -2.27. The fourth-order valence-electron chi connectivity index (χ4n) is 1.61. The smallest absolute Gasteiger partial charge is 0.368 e. The fraction of sp³-hybridized carbons (Fsp3) is 0.667. The predicted octanol–water partition coefficient (Wildman–Crippen LogP) is 1.78. The highest BCUT2D eigenvalue weighted by Crippen LogP contribution is 2.27. The van der Waals surface area contributed by atoms with Crippen molar-refractivity contribution in [2.45, 2.75) is 25.1 Å². The molecule has 0 spiro atoms. The van der Waals surface area contributed by atoms with Crippen molar-refractivity contribution in [3.8, 4) is 0 Å². The summed E-state index contributed by atoms with van der Waals surface area (Å²) in [5.41, 5.74) is 5.25. The topological polar surface area (TPSA) is 76.7 Å². The van der Waals surface area contributed by atoms with Crippen molar-refractivity contribution in [2.75, 3.05) is 22.6 Å². The van der Waals surface area contributed by atoms with E-state index in [0.717, 1.165) is 24.3 Å². The molecule has 0 aliphatic carbocycles. The van der Waals surface area contributed by atoms with Crippen molar-refractivity contribution in [3.63, 3.8) is 0 Å². The second-order valence-corrected chi connectivity index (χ2v) is 5.09. The number of hydrogen-bond acceptors (Lipinski definition) is 6. The number of halogens is 3. The maximum absolute atomic E-state index is 12.5. The van der Waals surface area contributed by atoms with Crippen LogP contribution in [-0.2, 0) is 6.18 Å². The first-order valence-electron chi connectivity index (χ1n) is 5.38. The van der Waals surface area contributed by atoms with Crippen molar-refractivity contribution >= 4 is 23.7 Å². The largest absolute Gasteiger partial charge is 0.451 e. The van der Waals surface area contributed by atoms with E-state index in [2.05, 4.69) is 20.3 Å². The van der Waals surface area contributed by atoms with Gasteiger partial charge in [0.25, 0.3) is 0 Å². The Hall–Kier alpha value is -1.25. The summed E-state index contributed by atoms with van der Waals surface area (Å²) in [6, 6.07) is 0.0918. The molecule has 0 bridgehead atoms. The summed E-state index contributed by atoms with van der Waals surface area (Å²) in [4.78, 5) is 10.1. The van der Waals surface area contributed by atoms with Gasteiger partial charge in [-0.15, -0.1) is 0 Å². The molecular formula is C9H12F3N5S. The number of aromatic nitrogens is 3. The maximum atomic E-state index is 12.5. The highest BCUT2D eigenvalue weighted by atomic mass is 32.2. The Labute approximate surface area is 106 Å². The Morgan fingerprint density at radius 2 is 1.83 bits per heavy atom. The molecule has 1 fully saturated rings. The van der Waals surface area contributed by atoms with Crippen molar-refractivity contribution in [1.29, 1.82) is 0 Å². The van der Waals surface area contributed by atoms with Crippen LogP contribution < -0.4 is 11.1 Å². The lowest BCUT2D eigenvalue weighted by molar-refractivity contribution is -0.144. The van der Waals surface area contributed by atoms with Crippen molar-refractivity contribution in [2.24, 2.45) is 0 Å². The average molecular weight is 279 g/mol. The Morgan fingerprint density at radius 3 is 2.44 bits per heavy atom. The van der Waals surface area contributed by atoms with Crippen molar-refractivity contribution in [1.82, 2.24) is 15.0 Å². The maximum Gasteiger partial charge on any atom is 0.451 e. The van der Waals surface area contributed by atoms with Crippen LogP contribution in [-0.4, -0.2) is 32.5 Å². The van der Waals surface area contributed by atoms with Crippen LogP contribution in [0.4, 0.5) is 25.1 Å². The Kier molecular flexibility index (Phi) is 3.79. The van der Waals surface area contributed by atoms with Gasteiger partial charge in [0.2, 0.25) is 17.7 Å². The molecule has 18 heavy (non-hydrogen) atoms. The van der Waals surface area contributed by atoms with Crippen LogP contribution >= 0.6 is 11.8 Å². The number of nitrogens with two attached hydrogens (primary N) is 1. The quantitative estimate of drug-likeness (QED) is 0.859. The number of nitrogens with one attached hydrogen (secondary N) is 1. The Morgan fingerprint density at radius 1 is 1.17 bits per heavy atom. The van der Waals surface area contributed by atoms with E-state index in [9.17, 15) is 13.2 Å². The first-order chi connectivity index (χ1) is 8.45. The molecule has 1 aliphatic heterocycles. The molecule has 0 saturated carbocycles. The van der Waals surface area contributed by atoms with Crippen LogP contribution in [0.3, 0.4) is 0 Å². The van der Waals surface area contributed by atoms with Crippen LogP contribution in [0.1, 0.15) is 18.7 Å². The normalized spacial score (nSPS) is 17.7. The number of anilines is 2. The van der Waals surface area contributed by atoms with Crippen LogP contribution in [0, 0.1) is 0 Å². The molecule has 2 heterocycles. The Balaban J connectivity index is 2.14. The van der Waals surface area contributed by atoms with E-state index < -0.39 is 17.9 Å². The van der Waals surface area contributed by atoms with Crippen LogP contribution in [0.5, 0.6) is 0 Å². The van der Waals surface area contributed by atoms with Gasteiger partial charge in [-0.05, 0) is 24.3 Å². The number of nitrogens with zero attached hydrogens (tertiary/aromatic N) is 3. The molecule has 0 radical (unpaired) electrons. The second kappa shape index (κ2) is 5.17. The molecule has 9 heteroatoms. The number of rotatable bonds is 2. The zero-order valence-corrected chi connectivity index (χ0v) is 10.2. The molecule has 1 aromatic heterocycles. The molecule has 0 atom stereocenters. The predicted molar refractivity (Wildman–Crippen MR) is 63.2 cm³/mol. The summed E-state index contributed by atoms with van der Waals surface area (Å²) in [6.07, 6.45) is -2.87. The van der Waals surface area contributed by atoms with Crippen molar-refractivity contribution < 1.29 is 13.2 Å². The zero-order chi connectivity index (χ0) is 13.2. The number of alkyl halides is 3. The molecule has 1 aliphatic rings. The van der Waals surface area contributed by atoms with Gasteiger partial charge in [0.15, 0.2) is 0 Å². The molecule has 0 unspecified atom stereocenters. The summed E-state index contributed by atoms with van der Waals surface area (Å²) < 4.78 is 37.5. The van der Waals surface area contributed by atoms with E-state index in [-0.39, 0.29) is 12.0 Å². The van der Waals surface area contributed by atoms with Crippen molar-refractivity contribution in [3.05, 3.63) is 5.82 Å². The number of thioether (sulfide) groups is 1. The summed E-state index contributed by atoms with van der Waals surface area (Å²) in [5.74, 6) is 0.161. The van der Waals surface area contributed by atoms with Gasteiger partial charge in [-0.2, -0.15) is 39.9 Å². The monoisotopic (exact) mass is 279 g/mol. The van der Waals surface area contributed by atoms with Crippen LogP contribution in [0.25, 0.3) is 0 Å². The average Bonchev–Trinajstić information content (AvgIpc) is 2.28. The summed E-state index contributed by atoms with van der Waals surface area (Å²) in [7, 11) is 0. The van der Waals surface area contributed by atoms with E-state index in [1.54, 1.807) is 0 Å². The number of nitrogen functional groups attached to an aromatic ring is 1. The van der Waals surface area contributed by atoms with Gasteiger partial charge < -0.3 is 11.1 Å². The lowest BCUT2D eigenvalue weighted by atomic mass is 10.2. The van der Waals surface area contributed by atoms with Gasteiger partial charge in [0.05, 0.1) is 0 Å². The van der Waals surface area contributed by atoms with Gasteiger partial charge in [0.1, 0.15) is 0 Å². The minimum Gasteiger partial charge on any atom is -0.368 e. The zero-order valence-electron chi connectivity index (χ0n) is 9.37. The highest BCUT2D eigenvalue weighted by Gasteiger charge is 2.35. The van der Waals surface area contributed by atoms with Gasteiger partial charge in [-0.3, -0.25) is 0 Å².